The number of phenolic OH excluding ortho intramolecular Hbond substituents is 1. The molecule has 2 saturated carbocycles. The first-order chi connectivity index (χ1) is 14.0. The number of halogens is 1. The molecule has 0 aromatic heterocycles. The van der Waals surface area contributed by atoms with E-state index in [2.05, 4.69) is 49.4 Å². The van der Waals surface area contributed by atoms with Crippen LogP contribution in [0.1, 0.15) is 76.8 Å². The van der Waals surface area contributed by atoms with Crippen LogP contribution in [-0.4, -0.2) is 31.3 Å². The Balaban J connectivity index is 0.000000589. The Morgan fingerprint density at radius 1 is 1.23 bits per heavy atom. The van der Waals surface area contributed by atoms with Gasteiger partial charge in [-0.05, 0) is 90.9 Å². The van der Waals surface area contributed by atoms with Crippen LogP contribution < -0.4 is 0 Å². The molecule has 4 nitrogen and oxygen atoms in total. The molecule has 4 unspecified atom stereocenters. The van der Waals surface area contributed by atoms with Crippen molar-refractivity contribution in [2.75, 3.05) is 0 Å². The Hall–Kier alpha value is -0.820. The SMILES string of the molecule is CC(C)I.CC(C[C@@H]1Cc2cc(O)ccc2C2CC[C@@]3(C)C(CC[C@@H]3O)C21)C(=O)O. The lowest BCUT2D eigenvalue weighted by Crippen LogP contribution is -2.47. The molecule has 3 aliphatic carbocycles. The quantitative estimate of drug-likeness (QED) is 0.344. The molecule has 0 spiro atoms. The van der Waals surface area contributed by atoms with Gasteiger partial charge in [0, 0.05) is 3.92 Å². The predicted molar refractivity (Wildman–Crippen MR) is 128 cm³/mol. The van der Waals surface area contributed by atoms with E-state index < -0.39 is 5.97 Å². The van der Waals surface area contributed by atoms with Gasteiger partial charge in [-0.1, -0.05) is 56.4 Å². The van der Waals surface area contributed by atoms with Crippen LogP contribution in [0.25, 0.3) is 0 Å². The van der Waals surface area contributed by atoms with Crippen molar-refractivity contribution in [1.29, 1.82) is 0 Å². The van der Waals surface area contributed by atoms with Crippen LogP contribution in [0.5, 0.6) is 5.75 Å². The second kappa shape index (κ2) is 9.35. The fraction of sp³-hybridized carbons (Fsp3) is 0.720. The molecule has 0 amide bonds. The number of carboxylic acid groups (broad SMARTS) is 1. The summed E-state index contributed by atoms with van der Waals surface area (Å²) in [6, 6.07) is 5.74. The summed E-state index contributed by atoms with van der Waals surface area (Å²) in [6.45, 7) is 8.36. The second-order valence-electron chi connectivity index (χ2n) is 10.3. The summed E-state index contributed by atoms with van der Waals surface area (Å²) in [6.07, 6.45) is 5.27. The molecule has 0 radical (unpaired) electrons. The summed E-state index contributed by atoms with van der Waals surface area (Å²) in [7, 11) is 0. The summed E-state index contributed by atoms with van der Waals surface area (Å²) < 4.78 is 0.803. The average Bonchev–Trinajstić information content (AvgIpc) is 2.95. The topological polar surface area (TPSA) is 77.8 Å². The largest absolute Gasteiger partial charge is 0.508 e. The Morgan fingerprint density at radius 3 is 2.53 bits per heavy atom. The number of aliphatic hydroxyl groups is 1. The second-order valence-corrected chi connectivity index (χ2v) is 12.8. The van der Waals surface area contributed by atoms with E-state index in [1.807, 2.05) is 6.07 Å². The average molecular weight is 528 g/mol. The monoisotopic (exact) mass is 528 g/mol. The molecule has 3 aliphatic rings. The van der Waals surface area contributed by atoms with Crippen molar-refractivity contribution in [3.63, 3.8) is 0 Å². The van der Waals surface area contributed by atoms with Gasteiger partial charge in [0.05, 0.1) is 12.0 Å². The van der Waals surface area contributed by atoms with E-state index in [0.717, 1.165) is 36.0 Å². The number of carbonyl (C=O) groups is 1. The minimum Gasteiger partial charge on any atom is -0.508 e. The zero-order chi connectivity index (χ0) is 22.2. The van der Waals surface area contributed by atoms with Crippen molar-refractivity contribution in [2.24, 2.45) is 29.1 Å². The van der Waals surface area contributed by atoms with Crippen LogP contribution in [0.2, 0.25) is 0 Å². The fourth-order valence-electron chi connectivity index (χ4n) is 6.53. The van der Waals surface area contributed by atoms with Crippen molar-refractivity contribution >= 4 is 28.6 Å². The number of fused-ring (bicyclic) bond motifs is 5. The maximum Gasteiger partial charge on any atom is 0.306 e. The van der Waals surface area contributed by atoms with E-state index in [1.54, 1.807) is 13.0 Å². The van der Waals surface area contributed by atoms with Gasteiger partial charge < -0.3 is 15.3 Å². The van der Waals surface area contributed by atoms with Crippen molar-refractivity contribution in [1.82, 2.24) is 0 Å². The molecule has 2 fully saturated rings. The number of alkyl halides is 1. The zero-order valence-corrected chi connectivity index (χ0v) is 20.8. The zero-order valence-electron chi connectivity index (χ0n) is 18.6. The molecule has 3 N–H and O–H groups in total. The van der Waals surface area contributed by atoms with Crippen molar-refractivity contribution in [3.8, 4) is 5.75 Å². The Morgan fingerprint density at radius 2 is 1.90 bits per heavy atom. The van der Waals surface area contributed by atoms with Crippen LogP contribution >= 0.6 is 22.6 Å². The number of aliphatic carboxylic acids is 1. The van der Waals surface area contributed by atoms with E-state index in [0.29, 0.717) is 35.8 Å². The molecule has 0 aliphatic heterocycles. The van der Waals surface area contributed by atoms with Gasteiger partial charge in [0.15, 0.2) is 0 Å². The number of phenols is 1. The molecule has 30 heavy (non-hydrogen) atoms. The molecule has 5 heteroatoms. The van der Waals surface area contributed by atoms with Crippen molar-refractivity contribution < 1.29 is 20.1 Å². The Labute approximate surface area is 194 Å². The normalized spacial score (nSPS) is 35.5. The van der Waals surface area contributed by atoms with E-state index in [-0.39, 0.29) is 17.4 Å². The summed E-state index contributed by atoms with van der Waals surface area (Å²) in [5.41, 5.74) is 2.51. The van der Waals surface area contributed by atoms with Gasteiger partial charge in [-0.15, -0.1) is 0 Å². The van der Waals surface area contributed by atoms with Gasteiger partial charge in [-0.3, -0.25) is 4.79 Å². The van der Waals surface area contributed by atoms with Crippen LogP contribution in [0, 0.1) is 29.1 Å². The van der Waals surface area contributed by atoms with E-state index >= 15 is 0 Å². The van der Waals surface area contributed by atoms with Crippen LogP contribution in [0.15, 0.2) is 18.2 Å². The molecule has 1 aromatic rings. The standard InChI is InChI=1S/C22H30O4.C3H7I/c1-12(21(25)26)9-14-10-13-11-15(23)3-4-16(13)17-7-8-22(2)18(20(14)17)5-6-19(22)24;1-3(2)4/h3-4,11-12,14,17-20,23-24H,5-10H2,1-2H3,(H,25,26);3H,1-2H3/t12?,14-,17?,18?,19+,20?,22+;/m1./s1. The summed E-state index contributed by atoms with van der Waals surface area (Å²) in [5.74, 6) is 0.828. The van der Waals surface area contributed by atoms with Gasteiger partial charge >= 0.3 is 5.97 Å². The lowest BCUT2D eigenvalue weighted by molar-refractivity contribution is -0.142. The van der Waals surface area contributed by atoms with Crippen LogP contribution in [0.3, 0.4) is 0 Å². The first kappa shape index (κ1) is 23.8. The molecule has 1 aromatic carbocycles. The lowest BCUT2D eigenvalue weighted by atomic mass is 9.52. The lowest BCUT2D eigenvalue weighted by Gasteiger charge is -2.53. The van der Waals surface area contributed by atoms with Crippen LogP contribution in [-0.2, 0) is 11.2 Å². The number of aliphatic hydroxyl groups excluding tert-OH is 1. The summed E-state index contributed by atoms with van der Waals surface area (Å²) in [5, 5.41) is 30.0. The minimum atomic E-state index is -0.728. The van der Waals surface area contributed by atoms with E-state index in [1.165, 1.54) is 11.1 Å². The highest BCUT2D eigenvalue weighted by Gasteiger charge is 2.56. The van der Waals surface area contributed by atoms with Crippen molar-refractivity contribution in [2.45, 2.75) is 82.2 Å². The van der Waals surface area contributed by atoms with Crippen molar-refractivity contribution in [3.05, 3.63) is 29.3 Å². The third-order valence-corrected chi connectivity index (χ3v) is 7.91. The third-order valence-electron chi connectivity index (χ3n) is 7.91. The Bertz CT molecular complexity index is 761. The molecule has 7 atom stereocenters. The molecule has 0 heterocycles. The maximum absolute atomic E-state index is 11.5. The first-order valence-electron chi connectivity index (χ1n) is 11.4. The molecule has 168 valence electrons. The molecular weight excluding hydrogens is 491 g/mol. The highest BCUT2D eigenvalue weighted by molar-refractivity contribution is 14.1. The van der Waals surface area contributed by atoms with E-state index in [4.69, 9.17) is 0 Å². The predicted octanol–water partition coefficient (Wildman–Crippen LogP) is 5.78. The number of benzene rings is 1. The number of aromatic hydroxyl groups is 1. The maximum atomic E-state index is 11.5. The highest BCUT2D eigenvalue weighted by Crippen LogP contribution is 2.62. The number of rotatable bonds is 3. The summed E-state index contributed by atoms with van der Waals surface area (Å²) >= 11 is 2.34. The number of hydrogen-bond donors (Lipinski definition) is 3. The van der Waals surface area contributed by atoms with Gasteiger partial charge in [0.1, 0.15) is 5.75 Å². The number of carboxylic acids is 1. The van der Waals surface area contributed by atoms with Gasteiger partial charge in [0.2, 0.25) is 0 Å². The molecule has 0 saturated heterocycles. The van der Waals surface area contributed by atoms with Crippen LogP contribution in [0.4, 0.5) is 0 Å². The smallest absolute Gasteiger partial charge is 0.306 e. The summed E-state index contributed by atoms with van der Waals surface area (Å²) in [4.78, 5) is 11.5. The fourth-order valence-corrected chi connectivity index (χ4v) is 6.53. The van der Waals surface area contributed by atoms with Gasteiger partial charge in [-0.25, -0.2) is 0 Å². The van der Waals surface area contributed by atoms with Gasteiger partial charge in [-0.2, -0.15) is 0 Å². The molecule has 4 rings (SSSR count). The van der Waals surface area contributed by atoms with Gasteiger partial charge in [0.25, 0.3) is 0 Å². The minimum absolute atomic E-state index is 0.0275. The van der Waals surface area contributed by atoms with E-state index in [9.17, 15) is 20.1 Å². The third kappa shape index (κ3) is 4.67. The highest BCUT2D eigenvalue weighted by atomic mass is 127. The molecule has 0 bridgehead atoms. The first-order valence-corrected chi connectivity index (χ1v) is 12.7. The number of hydrogen-bond acceptors (Lipinski definition) is 3. The Kier molecular flexibility index (Phi) is 7.43. The molecular formula is C25H37IO4.